The van der Waals surface area contributed by atoms with Crippen LogP contribution in [0.4, 0.5) is 0 Å². The van der Waals surface area contributed by atoms with Gasteiger partial charge in [-0.05, 0) is 31.7 Å². The third-order valence-electron chi connectivity index (χ3n) is 5.72. The smallest absolute Gasteiger partial charge is 0.291 e. The molecule has 0 radical (unpaired) electrons. The molecule has 0 bridgehead atoms. The summed E-state index contributed by atoms with van der Waals surface area (Å²) in [6, 6.07) is 2.28. The predicted molar refractivity (Wildman–Crippen MR) is 114 cm³/mol. The normalized spacial score (nSPS) is 19.9. The number of aryl methyl sites for hydroxylation is 1. The number of rotatable bonds is 5. The van der Waals surface area contributed by atoms with Gasteiger partial charge in [0.15, 0.2) is 0 Å². The highest BCUT2D eigenvalue weighted by Gasteiger charge is 2.24. The molecule has 0 aliphatic heterocycles. The lowest BCUT2D eigenvalue weighted by molar-refractivity contribution is -0.123. The van der Waals surface area contributed by atoms with E-state index < -0.39 is 0 Å². The van der Waals surface area contributed by atoms with Crippen LogP contribution in [0.3, 0.4) is 0 Å². The number of amides is 1. The van der Waals surface area contributed by atoms with Gasteiger partial charge in [0, 0.05) is 22.8 Å². The third-order valence-corrected chi connectivity index (χ3v) is 6.80. The summed E-state index contributed by atoms with van der Waals surface area (Å²) in [5.74, 6) is 0.330. The van der Waals surface area contributed by atoms with Crippen LogP contribution in [0.1, 0.15) is 37.5 Å². The van der Waals surface area contributed by atoms with Gasteiger partial charge in [0.05, 0.1) is 16.4 Å². The topological polar surface area (TPSA) is 68.9 Å². The van der Waals surface area contributed by atoms with E-state index in [-0.39, 0.29) is 24.1 Å². The van der Waals surface area contributed by atoms with Gasteiger partial charge in [0.1, 0.15) is 12.1 Å². The zero-order valence-corrected chi connectivity index (χ0v) is 17.2. The van der Waals surface area contributed by atoms with Gasteiger partial charge < -0.3 is 9.88 Å². The second-order valence-electron chi connectivity index (χ2n) is 7.78. The molecule has 0 aromatic carbocycles. The Morgan fingerprint density at radius 2 is 2.21 bits per heavy atom. The second-order valence-corrected chi connectivity index (χ2v) is 9.03. The molecule has 1 saturated carbocycles. The minimum absolute atomic E-state index is 0.0516. The van der Waals surface area contributed by atoms with Gasteiger partial charge in [-0.25, -0.2) is 4.68 Å². The largest absolute Gasteiger partial charge is 0.351 e. The average molecular weight is 399 g/mol. The van der Waals surface area contributed by atoms with Crippen molar-refractivity contribution in [3.63, 3.8) is 0 Å². The molecule has 1 N–H and O–H groups in total. The van der Waals surface area contributed by atoms with Crippen molar-refractivity contribution in [3.05, 3.63) is 40.1 Å². The highest BCUT2D eigenvalue weighted by Crippen LogP contribution is 2.33. The molecule has 1 aliphatic rings. The average Bonchev–Trinajstić information content (AvgIpc) is 3.16. The Hall–Kier alpha value is -2.41. The number of allylic oxidation sites excluding steroid dienone is 1. The minimum atomic E-state index is -0.229. The maximum absolute atomic E-state index is 13.1. The third kappa shape index (κ3) is 3.28. The van der Waals surface area contributed by atoms with Gasteiger partial charge in [-0.15, -0.1) is 17.9 Å². The van der Waals surface area contributed by atoms with Gasteiger partial charge in [-0.1, -0.05) is 25.8 Å². The van der Waals surface area contributed by atoms with Crippen LogP contribution in [-0.2, 0) is 17.9 Å². The molecule has 28 heavy (non-hydrogen) atoms. The maximum atomic E-state index is 13.1. The van der Waals surface area contributed by atoms with E-state index in [0.29, 0.717) is 18.0 Å². The lowest BCUT2D eigenvalue weighted by atomic mass is 9.86. The molecule has 0 spiro atoms. The van der Waals surface area contributed by atoms with Crippen molar-refractivity contribution in [2.24, 2.45) is 5.92 Å². The number of thiophene rings is 1. The first-order valence-electron chi connectivity index (χ1n) is 9.88. The summed E-state index contributed by atoms with van der Waals surface area (Å²) in [5.41, 5.74) is 1.39. The molecule has 3 aromatic heterocycles. The van der Waals surface area contributed by atoms with Crippen molar-refractivity contribution >= 4 is 38.4 Å². The summed E-state index contributed by atoms with van der Waals surface area (Å²) in [6.07, 6.45) is 8.01. The summed E-state index contributed by atoms with van der Waals surface area (Å²) in [6.45, 7) is 8.55. The van der Waals surface area contributed by atoms with E-state index in [2.05, 4.69) is 36.9 Å². The first kappa shape index (κ1) is 18.9. The predicted octanol–water partition coefficient (Wildman–Crippen LogP) is 3.60. The molecule has 1 fully saturated rings. The van der Waals surface area contributed by atoms with E-state index in [1.54, 1.807) is 23.6 Å². The highest BCUT2D eigenvalue weighted by atomic mass is 32.1. The fraction of sp³-hybridized carbons (Fsp3) is 0.476. The fourth-order valence-electron chi connectivity index (χ4n) is 4.27. The summed E-state index contributed by atoms with van der Waals surface area (Å²) in [5, 5.41) is 8.25. The molecule has 3 aromatic rings. The monoisotopic (exact) mass is 398 g/mol. The molecule has 4 rings (SSSR count). The fourth-order valence-corrected chi connectivity index (χ4v) is 5.30. The lowest BCUT2D eigenvalue weighted by Gasteiger charge is -2.29. The molecule has 0 unspecified atom stereocenters. The number of nitrogens with zero attached hydrogens (tertiary/aromatic N) is 3. The van der Waals surface area contributed by atoms with Crippen LogP contribution < -0.4 is 10.9 Å². The summed E-state index contributed by atoms with van der Waals surface area (Å²) < 4.78 is 4.32. The zero-order chi connectivity index (χ0) is 19.8. The molecule has 7 heteroatoms. The Bertz CT molecular complexity index is 1110. The minimum Gasteiger partial charge on any atom is -0.351 e. The van der Waals surface area contributed by atoms with Gasteiger partial charge in [0.2, 0.25) is 5.91 Å². The molecular formula is C21H26N4O2S. The molecule has 1 amide bonds. The van der Waals surface area contributed by atoms with Crippen molar-refractivity contribution in [3.8, 4) is 0 Å². The van der Waals surface area contributed by atoms with E-state index in [1.807, 2.05) is 4.57 Å². The number of carbonyl (C=O) groups excluding carboxylic acids is 1. The van der Waals surface area contributed by atoms with Crippen molar-refractivity contribution in [2.75, 3.05) is 0 Å². The van der Waals surface area contributed by atoms with Crippen molar-refractivity contribution in [1.29, 1.82) is 0 Å². The van der Waals surface area contributed by atoms with Crippen LogP contribution in [0, 0.1) is 12.8 Å². The van der Waals surface area contributed by atoms with E-state index >= 15 is 0 Å². The van der Waals surface area contributed by atoms with Crippen LogP contribution in [0.5, 0.6) is 0 Å². The Labute approximate surface area is 167 Å². The van der Waals surface area contributed by atoms with Crippen molar-refractivity contribution < 1.29 is 4.79 Å². The van der Waals surface area contributed by atoms with Crippen molar-refractivity contribution in [2.45, 2.75) is 58.7 Å². The van der Waals surface area contributed by atoms with Crippen LogP contribution in [0.25, 0.3) is 21.1 Å². The maximum Gasteiger partial charge on any atom is 0.291 e. The quantitative estimate of drug-likeness (QED) is 0.668. The second kappa shape index (κ2) is 7.54. The lowest BCUT2D eigenvalue weighted by Crippen LogP contribution is -2.43. The van der Waals surface area contributed by atoms with Crippen LogP contribution in [-0.4, -0.2) is 26.3 Å². The summed E-state index contributed by atoms with van der Waals surface area (Å²) in [7, 11) is 0. The molecule has 0 saturated heterocycles. The van der Waals surface area contributed by atoms with Gasteiger partial charge in [-0.3, -0.25) is 9.59 Å². The summed E-state index contributed by atoms with van der Waals surface area (Å²) >= 11 is 1.66. The Morgan fingerprint density at radius 3 is 2.96 bits per heavy atom. The SMILES string of the molecule is C=CCn1c2cc(C)sc2c2cnn(CC(=O)N[C@H]3CCCC[C@H]3C)c(=O)c21. The Balaban J connectivity index is 1.67. The van der Waals surface area contributed by atoms with Crippen LogP contribution in [0.15, 0.2) is 29.7 Å². The molecular weight excluding hydrogens is 372 g/mol. The molecule has 2 atom stereocenters. The van der Waals surface area contributed by atoms with E-state index in [4.69, 9.17) is 0 Å². The van der Waals surface area contributed by atoms with Crippen molar-refractivity contribution in [1.82, 2.24) is 19.7 Å². The van der Waals surface area contributed by atoms with E-state index in [0.717, 1.165) is 34.9 Å². The number of aromatic nitrogens is 3. The first-order valence-corrected chi connectivity index (χ1v) is 10.7. The van der Waals surface area contributed by atoms with Gasteiger partial charge in [-0.2, -0.15) is 5.10 Å². The van der Waals surface area contributed by atoms with Crippen LogP contribution >= 0.6 is 11.3 Å². The number of hydrogen-bond donors (Lipinski definition) is 1. The van der Waals surface area contributed by atoms with E-state index in [9.17, 15) is 9.59 Å². The first-order chi connectivity index (χ1) is 13.5. The molecule has 1 aliphatic carbocycles. The Morgan fingerprint density at radius 1 is 1.43 bits per heavy atom. The zero-order valence-electron chi connectivity index (χ0n) is 16.4. The van der Waals surface area contributed by atoms with Gasteiger partial charge in [0.25, 0.3) is 5.56 Å². The number of nitrogens with one attached hydrogen (secondary N) is 1. The molecule has 148 valence electrons. The number of hydrogen-bond acceptors (Lipinski definition) is 4. The van der Waals surface area contributed by atoms with Crippen LogP contribution in [0.2, 0.25) is 0 Å². The highest BCUT2D eigenvalue weighted by molar-refractivity contribution is 7.20. The molecule has 6 nitrogen and oxygen atoms in total. The standard InChI is InChI=1S/C21H26N4O2S/c1-4-9-24-17-10-14(3)28-20(17)15-11-22-25(21(27)19(15)24)12-18(26)23-16-8-6-5-7-13(16)2/h4,10-11,13,16H,1,5-9,12H2,2-3H3,(H,23,26)/t13-,16+/m1/s1. The van der Waals surface area contributed by atoms with Gasteiger partial charge >= 0.3 is 0 Å². The number of fused-ring (bicyclic) bond motifs is 3. The number of carbonyl (C=O) groups is 1. The molecule has 3 heterocycles. The summed E-state index contributed by atoms with van der Waals surface area (Å²) in [4.78, 5) is 26.9. The van der Waals surface area contributed by atoms with E-state index in [1.165, 1.54) is 16.0 Å². The Kier molecular flexibility index (Phi) is 5.10.